The van der Waals surface area contributed by atoms with Crippen molar-refractivity contribution < 1.29 is 4.42 Å². The second kappa shape index (κ2) is 11.0. The predicted octanol–water partition coefficient (Wildman–Crippen LogP) is 13.9. The first-order chi connectivity index (χ1) is 28.0. The van der Waals surface area contributed by atoms with Gasteiger partial charge in [-0.25, -0.2) is 0 Å². The number of hydrogen-bond donors (Lipinski definition) is 0. The minimum atomic E-state index is -2.91. The highest BCUT2D eigenvalue weighted by Gasteiger charge is 2.50. The van der Waals surface area contributed by atoms with E-state index < -0.39 is 8.24 Å². The molecule has 290 valence electrons. The van der Waals surface area contributed by atoms with Gasteiger partial charge in [0.25, 0.3) is 0 Å². The number of nitrogens with zero attached hydrogens (tertiary/aromatic N) is 2. The van der Waals surface area contributed by atoms with E-state index in [2.05, 4.69) is 199 Å². The summed E-state index contributed by atoms with van der Waals surface area (Å²) >= 11 is 0. The molecular formula is C55H50N2OSi. The normalized spacial score (nSPS) is 16.4. The number of benzene rings is 7. The van der Waals surface area contributed by atoms with Crippen LogP contribution in [0, 0.1) is 0 Å². The Hall–Kier alpha value is -5.84. The number of furan rings is 1. The number of hydrogen-bond acceptors (Lipinski definition) is 1. The van der Waals surface area contributed by atoms with Crippen molar-refractivity contribution in [3.8, 4) is 27.9 Å². The molecule has 0 aliphatic carbocycles. The van der Waals surface area contributed by atoms with Crippen molar-refractivity contribution in [2.24, 2.45) is 0 Å². The summed E-state index contributed by atoms with van der Waals surface area (Å²) in [6, 6.07) is 47.0. The van der Waals surface area contributed by atoms with Gasteiger partial charge >= 0.3 is 0 Å². The van der Waals surface area contributed by atoms with Gasteiger partial charge in [0.05, 0.1) is 16.6 Å². The first-order valence-corrected chi connectivity index (χ1v) is 23.8. The standard InChI is InChI=1S/C55H50N2OSi/c1-53(2,3)33-20-18-31(19-21-33)32-26-43-38-16-13-15-37-39-23-24-40-36-14-11-12-17-46(36)58-51(40)50(39)57(48(37)38)59(10)47-30-35(55(7,8)9)29-42-41-28-34(54(4,5)6)22-25-44(41)56(49(42)47)45(27-32)52(43)59/h11-30H,1-10H3. The van der Waals surface area contributed by atoms with E-state index in [0.29, 0.717) is 0 Å². The molecule has 0 bridgehead atoms. The average molecular weight is 783 g/mol. The van der Waals surface area contributed by atoms with Gasteiger partial charge in [-0.3, -0.25) is 0 Å². The van der Waals surface area contributed by atoms with Crippen molar-refractivity contribution in [3.63, 3.8) is 0 Å². The molecule has 10 aromatic rings. The smallest absolute Gasteiger partial charge is 0.227 e. The molecule has 0 fully saturated rings. The molecule has 3 nitrogen and oxygen atoms in total. The van der Waals surface area contributed by atoms with Crippen LogP contribution in [0.15, 0.2) is 126 Å². The Morgan fingerprint density at radius 1 is 0.475 bits per heavy atom. The fraction of sp³-hybridized carbons (Fsp3) is 0.236. The summed E-state index contributed by atoms with van der Waals surface area (Å²) in [6.07, 6.45) is 0. The van der Waals surface area contributed by atoms with E-state index in [1.165, 1.54) is 109 Å². The van der Waals surface area contributed by atoms with E-state index in [1.807, 2.05) is 0 Å². The van der Waals surface area contributed by atoms with Gasteiger partial charge in [0, 0.05) is 49.1 Å². The third kappa shape index (κ3) is 4.48. The topological polar surface area (TPSA) is 23.0 Å². The van der Waals surface area contributed by atoms with Crippen LogP contribution < -0.4 is 10.4 Å². The van der Waals surface area contributed by atoms with Gasteiger partial charge in [-0.05, 0) is 109 Å². The van der Waals surface area contributed by atoms with Crippen molar-refractivity contribution in [1.82, 2.24) is 8.80 Å². The fourth-order valence-corrected chi connectivity index (χ4v) is 15.5. The second-order valence-corrected chi connectivity index (χ2v) is 24.4. The third-order valence-corrected chi connectivity index (χ3v) is 18.3. The quantitative estimate of drug-likeness (QED) is 0.152. The van der Waals surface area contributed by atoms with Crippen molar-refractivity contribution in [2.45, 2.75) is 85.1 Å². The minimum Gasteiger partial charge on any atom is -0.454 e. The van der Waals surface area contributed by atoms with Crippen molar-refractivity contribution in [3.05, 3.63) is 138 Å². The van der Waals surface area contributed by atoms with Crippen molar-refractivity contribution >= 4 is 84.2 Å². The number of fused-ring (bicyclic) bond motifs is 14. The molecule has 3 aromatic heterocycles. The Morgan fingerprint density at radius 3 is 1.88 bits per heavy atom. The van der Waals surface area contributed by atoms with E-state index in [9.17, 15) is 0 Å². The summed E-state index contributed by atoms with van der Waals surface area (Å²) in [5, 5.41) is 10.6. The molecule has 0 saturated carbocycles. The maximum Gasteiger partial charge on any atom is 0.227 e. The Bertz CT molecular complexity index is 3500. The lowest BCUT2D eigenvalue weighted by atomic mass is 9.85. The zero-order valence-electron chi connectivity index (χ0n) is 35.8. The lowest BCUT2D eigenvalue weighted by Crippen LogP contribution is -2.66. The van der Waals surface area contributed by atoms with E-state index in [-0.39, 0.29) is 16.2 Å². The molecule has 0 spiro atoms. The van der Waals surface area contributed by atoms with Crippen LogP contribution in [0.5, 0.6) is 0 Å². The minimum absolute atomic E-state index is 0.0200. The Kier molecular flexibility index (Phi) is 6.58. The lowest BCUT2D eigenvalue weighted by molar-refractivity contribution is 0.590. The predicted molar refractivity (Wildman–Crippen MR) is 254 cm³/mol. The average Bonchev–Trinajstić information content (AvgIpc) is 3.86. The number of aromatic nitrogens is 2. The lowest BCUT2D eigenvalue weighted by Gasteiger charge is -2.43. The molecule has 7 aromatic carbocycles. The van der Waals surface area contributed by atoms with Crippen LogP contribution >= 0.6 is 0 Å². The maximum atomic E-state index is 7.00. The monoisotopic (exact) mass is 782 g/mol. The molecule has 5 heterocycles. The molecule has 0 N–H and O–H groups in total. The maximum absolute atomic E-state index is 7.00. The van der Waals surface area contributed by atoms with Gasteiger partial charge in [-0.2, -0.15) is 0 Å². The number of para-hydroxylation sites is 2. The molecule has 12 rings (SSSR count). The van der Waals surface area contributed by atoms with Gasteiger partial charge in [-0.1, -0.05) is 141 Å². The molecule has 4 heteroatoms. The van der Waals surface area contributed by atoms with Gasteiger partial charge in [0.2, 0.25) is 8.24 Å². The SMILES string of the molecule is CC(C)(C)c1ccc(-c2cc3c4c(c2)-n2c5ccc(C(C)(C)C)cc5c5cc(C(C)(C)C)cc(c52)[Si]4(C)n2c4c-3cccc4c3ccc4c5ccccc5oc4c32)cc1. The third-order valence-electron chi connectivity index (χ3n) is 14.1. The van der Waals surface area contributed by atoms with Crippen LogP contribution in [0.2, 0.25) is 6.55 Å². The van der Waals surface area contributed by atoms with Gasteiger partial charge in [0.1, 0.15) is 5.58 Å². The van der Waals surface area contributed by atoms with Crippen LogP contribution in [-0.2, 0) is 16.2 Å². The first-order valence-electron chi connectivity index (χ1n) is 21.4. The van der Waals surface area contributed by atoms with Crippen LogP contribution in [-0.4, -0.2) is 17.0 Å². The second-order valence-electron chi connectivity index (χ2n) is 20.8. The molecule has 0 saturated heterocycles. The highest BCUT2D eigenvalue weighted by atomic mass is 28.3. The summed E-state index contributed by atoms with van der Waals surface area (Å²) in [7, 11) is -2.91. The van der Waals surface area contributed by atoms with Crippen molar-refractivity contribution in [1.29, 1.82) is 0 Å². The van der Waals surface area contributed by atoms with Crippen LogP contribution in [0.3, 0.4) is 0 Å². The van der Waals surface area contributed by atoms with Gasteiger partial charge in [-0.15, -0.1) is 0 Å². The molecule has 59 heavy (non-hydrogen) atoms. The van der Waals surface area contributed by atoms with E-state index in [1.54, 1.807) is 0 Å². The Morgan fingerprint density at radius 2 is 1.14 bits per heavy atom. The Labute approximate surface area is 347 Å². The molecule has 2 aliphatic heterocycles. The van der Waals surface area contributed by atoms with Gasteiger partial charge < -0.3 is 13.2 Å². The summed E-state index contributed by atoms with van der Waals surface area (Å²) in [6.45, 7) is 23.7. The molecule has 0 radical (unpaired) electrons. The van der Waals surface area contributed by atoms with E-state index in [0.717, 1.165) is 11.2 Å². The summed E-state index contributed by atoms with van der Waals surface area (Å²) in [5.41, 5.74) is 17.8. The van der Waals surface area contributed by atoms with Crippen LogP contribution in [0.4, 0.5) is 0 Å². The van der Waals surface area contributed by atoms with Crippen molar-refractivity contribution in [2.75, 3.05) is 0 Å². The zero-order valence-corrected chi connectivity index (χ0v) is 36.8. The molecule has 0 amide bonds. The molecule has 1 atom stereocenters. The Balaban J connectivity index is 1.32. The zero-order chi connectivity index (χ0) is 40.7. The summed E-state index contributed by atoms with van der Waals surface area (Å²) < 4.78 is 12.5. The first kappa shape index (κ1) is 35.1. The van der Waals surface area contributed by atoms with Crippen LogP contribution in [0.1, 0.15) is 79.0 Å². The fourth-order valence-electron chi connectivity index (χ4n) is 10.9. The number of rotatable bonds is 1. The highest BCUT2D eigenvalue weighted by molar-refractivity contribution is 7.04. The molecule has 1 unspecified atom stereocenters. The van der Waals surface area contributed by atoms with E-state index >= 15 is 0 Å². The molecule has 2 aliphatic rings. The van der Waals surface area contributed by atoms with Crippen LogP contribution in [0.25, 0.3) is 93.5 Å². The summed E-state index contributed by atoms with van der Waals surface area (Å²) in [5.74, 6) is 0. The molecular weight excluding hydrogens is 733 g/mol. The van der Waals surface area contributed by atoms with E-state index in [4.69, 9.17) is 4.42 Å². The van der Waals surface area contributed by atoms with Gasteiger partial charge in [0.15, 0.2) is 5.58 Å². The highest BCUT2D eigenvalue weighted by Crippen LogP contribution is 2.50. The summed E-state index contributed by atoms with van der Waals surface area (Å²) in [4.78, 5) is 0. The largest absolute Gasteiger partial charge is 0.454 e.